The second kappa shape index (κ2) is 5.11. The standard InChI is InChI=1S/C15H22N2O2/c1-15(2,3)6-7-19-13-9-12-10(8-11(13)16)4-5-14(18)17-12/h8-9H,4-7,16H2,1-3H3,(H,17,18). The van der Waals surface area contributed by atoms with Gasteiger partial charge in [-0.2, -0.15) is 0 Å². The zero-order valence-corrected chi connectivity index (χ0v) is 11.9. The highest BCUT2D eigenvalue weighted by molar-refractivity contribution is 5.94. The van der Waals surface area contributed by atoms with Crippen LogP contribution < -0.4 is 15.8 Å². The predicted molar refractivity (Wildman–Crippen MR) is 77.4 cm³/mol. The molecular formula is C15H22N2O2. The molecule has 0 aromatic heterocycles. The molecule has 0 aliphatic carbocycles. The lowest BCUT2D eigenvalue weighted by atomic mass is 9.93. The van der Waals surface area contributed by atoms with Gasteiger partial charge >= 0.3 is 0 Å². The summed E-state index contributed by atoms with van der Waals surface area (Å²) >= 11 is 0. The van der Waals surface area contributed by atoms with Gasteiger partial charge in [0.05, 0.1) is 12.3 Å². The van der Waals surface area contributed by atoms with E-state index in [4.69, 9.17) is 10.5 Å². The highest BCUT2D eigenvalue weighted by atomic mass is 16.5. The number of hydrogen-bond acceptors (Lipinski definition) is 3. The molecule has 3 N–H and O–H groups in total. The molecule has 4 heteroatoms. The molecule has 0 spiro atoms. The molecule has 0 unspecified atom stereocenters. The Morgan fingerprint density at radius 1 is 1.32 bits per heavy atom. The number of ether oxygens (including phenoxy) is 1. The van der Waals surface area contributed by atoms with Crippen molar-refractivity contribution in [2.45, 2.75) is 40.0 Å². The fourth-order valence-electron chi connectivity index (χ4n) is 2.02. The lowest BCUT2D eigenvalue weighted by Crippen LogP contribution is -2.19. The third-order valence-corrected chi connectivity index (χ3v) is 3.24. The van der Waals surface area contributed by atoms with Gasteiger partial charge in [0.1, 0.15) is 5.75 Å². The van der Waals surface area contributed by atoms with Crippen molar-refractivity contribution >= 4 is 17.3 Å². The van der Waals surface area contributed by atoms with Crippen LogP contribution in [0.25, 0.3) is 0 Å². The van der Waals surface area contributed by atoms with Crippen molar-refractivity contribution in [1.29, 1.82) is 0 Å². The third-order valence-electron chi connectivity index (χ3n) is 3.24. The maximum Gasteiger partial charge on any atom is 0.224 e. The third kappa shape index (κ3) is 3.63. The number of nitrogens with one attached hydrogen (secondary N) is 1. The number of hydrogen-bond donors (Lipinski definition) is 2. The summed E-state index contributed by atoms with van der Waals surface area (Å²) in [7, 11) is 0. The van der Waals surface area contributed by atoms with Gasteiger partial charge < -0.3 is 15.8 Å². The van der Waals surface area contributed by atoms with E-state index >= 15 is 0 Å². The van der Waals surface area contributed by atoms with Gasteiger partial charge in [0.25, 0.3) is 0 Å². The molecule has 0 bridgehead atoms. The minimum atomic E-state index is 0.0536. The first-order valence-electron chi connectivity index (χ1n) is 6.70. The normalized spacial score (nSPS) is 14.8. The monoisotopic (exact) mass is 262 g/mol. The first kappa shape index (κ1) is 13.7. The summed E-state index contributed by atoms with van der Waals surface area (Å²) in [6.07, 6.45) is 2.22. The van der Waals surface area contributed by atoms with Crippen molar-refractivity contribution in [3.05, 3.63) is 17.7 Å². The van der Waals surface area contributed by atoms with E-state index in [1.807, 2.05) is 12.1 Å². The Morgan fingerprint density at radius 3 is 2.74 bits per heavy atom. The van der Waals surface area contributed by atoms with Gasteiger partial charge in [-0.3, -0.25) is 4.79 Å². The van der Waals surface area contributed by atoms with E-state index in [0.717, 1.165) is 24.1 Å². The minimum Gasteiger partial charge on any atom is -0.491 e. The molecule has 1 aromatic carbocycles. The molecule has 19 heavy (non-hydrogen) atoms. The van der Waals surface area contributed by atoms with Crippen LogP contribution in [0.1, 0.15) is 39.2 Å². The summed E-state index contributed by atoms with van der Waals surface area (Å²) < 4.78 is 5.74. The van der Waals surface area contributed by atoms with Crippen molar-refractivity contribution in [3.63, 3.8) is 0 Å². The topological polar surface area (TPSA) is 64.3 Å². The van der Waals surface area contributed by atoms with Gasteiger partial charge in [0.2, 0.25) is 5.91 Å². The van der Waals surface area contributed by atoms with Gasteiger partial charge in [-0.15, -0.1) is 0 Å². The summed E-state index contributed by atoms with van der Waals surface area (Å²) in [5.74, 6) is 0.711. The molecule has 0 saturated carbocycles. The first-order valence-corrected chi connectivity index (χ1v) is 6.70. The van der Waals surface area contributed by atoms with Crippen LogP contribution in [-0.2, 0) is 11.2 Å². The Balaban J connectivity index is 2.09. The number of rotatable bonds is 3. The Bertz CT molecular complexity index is 490. The Labute approximate surface area is 114 Å². The number of fused-ring (bicyclic) bond motifs is 1. The molecule has 0 atom stereocenters. The van der Waals surface area contributed by atoms with Crippen LogP contribution in [0.15, 0.2) is 12.1 Å². The van der Waals surface area contributed by atoms with E-state index in [-0.39, 0.29) is 11.3 Å². The molecule has 0 radical (unpaired) electrons. The largest absolute Gasteiger partial charge is 0.491 e. The Hall–Kier alpha value is -1.71. The SMILES string of the molecule is CC(C)(C)CCOc1cc2c(cc1N)CCC(=O)N2. The maximum atomic E-state index is 11.4. The second-order valence-electron chi connectivity index (χ2n) is 6.25. The van der Waals surface area contributed by atoms with Gasteiger partial charge in [0.15, 0.2) is 0 Å². The molecule has 104 valence electrons. The smallest absolute Gasteiger partial charge is 0.224 e. The van der Waals surface area contributed by atoms with Crippen molar-refractivity contribution in [2.75, 3.05) is 17.7 Å². The molecule has 0 saturated heterocycles. The zero-order valence-electron chi connectivity index (χ0n) is 11.9. The molecular weight excluding hydrogens is 240 g/mol. The molecule has 2 rings (SSSR count). The number of nitrogens with two attached hydrogens (primary N) is 1. The summed E-state index contributed by atoms with van der Waals surface area (Å²) in [6, 6.07) is 3.74. The van der Waals surface area contributed by atoms with Crippen LogP contribution in [0.2, 0.25) is 0 Å². The highest BCUT2D eigenvalue weighted by Gasteiger charge is 2.17. The summed E-state index contributed by atoms with van der Waals surface area (Å²) in [5.41, 5.74) is 8.78. The van der Waals surface area contributed by atoms with Gasteiger partial charge in [0, 0.05) is 18.2 Å². The Kier molecular flexibility index (Phi) is 3.69. The predicted octanol–water partition coefficient (Wildman–Crippen LogP) is 2.97. The highest BCUT2D eigenvalue weighted by Crippen LogP contribution is 2.33. The Morgan fingerprint density at radius 2 is 2.05 bits per heavy atom. The van der Waals surface area contributed by atoms with Gasteiger partial charge in [-0.25, -0.2) is 0 Å². The van der Waals surface area contributed by atoms with E-state index in [0.29, 0.717) is 24.5 Å². The van der Waals surface area contributed by atoms with Crippen LogP contribution in [0.5, 0.6) is 5.75 Å². The molecule has 1 aliphatic heterocycles. The quantitative estimate of drug-likeness (QED) is 0.823. The maximum absolute atomic E-state index is 11.4. The van der Waals surface area contributed by atoms with E-state index < -0.39 is 0 Å². The number of carbonyl (C=O) groups excluding carboxylic acids is 1. The number of anilines is 2. The van der Waals surface area contributed by atoms with Crippen molar-refractivity contribution in [2.24, 2.45) is 5.41 Å². The first-order chi connectivity index (χ1) is 8.85. The number of benzene rings is 1. The summed E-state index contributed by atoms with van der Waals surface area (Å²) in [5, 5.41) is 2.86. The van der Waals surface area contributed by atoms with Crippen LogP contribution in [-0.4, -0.2) is 12.5 Å². The van der Waals surface area contributed by atoms with E-state index in [2.05, 4.69) is 26.1 Å². The molecule has 1 aliphatic rings. The molecule has 4 nitrogen and oxygen atoms in total. The number of amides is 1. The fourth-order valence-corrected chi connectivity index (χ4v) is 2.02. The number of nitrogen functional groups attached to an aromatic ring is 1. The van der Waals surface area contributed by atoms with Crippen molar-refractivity contribution in [1.82, 2.24) is 0 Å². The van der Waals surface area contributed by atoms with E-state index in [1.54, 1.807) is 0 Å². The number of carbonyl (C=O) groups is 1. The second-order valence-corrected chi connectivity index (χ2v) is 6.25. The van der Waals surface area contributed by atoms with Gasteiger partial charge in [-0.05, 0) is 29.9 Å². The van der Waals surface area contributed by atoms with Crippen LogP contribution in [0.3, 0.4) is 0 Å². The van der Waals surface area contributed by atoms with E-state index in [9.17, 15) is 4.79 Å². The number of aryl methyl sites for hydroxylation is 1. The van der Waals surface area contributed by atoms with Crippen molar-refractivity contribution in [3.8, 4) is 5.75 Å². The minimum absolute atomic E-state index is 0.0536. The van der Waals surface area contributed by atoms with Crippen LogP contribution in [0, 0.1) is 5.41 Å². The lowest BCUT2D eigenvalue weighted by Gasteiger charge is -2.21. The van der Waals surface area contributed by atoms with E-state index in [1.165, 1.54) is 0 Å². The summed E-state index contributed by atoms with van der Waals surface area (Å²) in [4.78, 5) is 11.4. The molecule has 1 heterocycles. The van der Waals surface area contributed by atoms with Crippen LogP contribution >= 0.6 is 0 Å². The van der Waals surface area contributed by atoms with Crippen LogP contribution in [0.4, 0.5) is 11.4 Å². The summed E-state index contributed by atoms with van der Waals surface area (Å²) in [6.45, 7) is 7.15. The average Bonchev–Trinajstić information content (AvgIpc) is 2.29. The average molecular weight is 262 g/mol. The zero-order chi connectivity index (χ0) is 14.0. The molecule has 0 fully saturated rings. The molecule has 1 aromatic rings. The molecule has 1 amide bonds. The van der Waals surface area contributed by atoms with Crippen molar-refractivity contribution < 1.29 is 9.53 Å². The lowest BCUT2D eigenvalue weighted by molar-refractivity contribution is -0.116. The van der Waals surface area contributed by atoms with Gasteiger partial charge in [-0.1, -0.05) is 20.8 Å². The fraction of sp³-hybridized carbons (Fsp3) is 0.533.